The van der Waals surface area contributed by atoms with E-state index in [0.29, 0.717) is 13.1 Å². The van der Waals surface area contributed by atoms with E-state index in [2.05, 4.69) is 10.1 Å². The Morgan fingerprint density at radius 3 is 2.43 bits per heavy atom. The van der Waals surface area contributed by atoms with E-state index in [9.17, 15) is 13.6 Å². The van der Waals surface area contributed by atoms with Crippen LogP contribution >= 0.6 is 12.4 Å². The SMILES string of the molecule is CC1CN(C(=O)c2ccccc2OC(F)F)CC(C)N1.Cl. The number of halogens is 3. The summed E-state index contributed by atoms with van der Waals surface area (Å²) in [6.45, 7) is 2.12. The normalized spacial score (nSPS) is 21.9. The van der Waals surface area contributed by atoms with Gasteiger partial charge in [0.1, 0.15) is 5.75 Å². The molecule has 0 spiro atoms. The minimum absolute atomic E-state index is 0. The average Bonchev–Trinajstić information content (AvgIpc) is 2.36. The second-order valence-corrected chi connectivity index (χ2v) is 5.05. The van der Waals surface area contributed by atoms with E-state index in [1.54, 1.807) is 17.0 Å². The van der Waals surface area contributed by atoms with Gasteiger partial charge in [-0.3, -0.25) is 4.79 Å². The van der Waals surface area contributed by atoms with Gasteiger partial charge in [0.25, 0.3) is 5.91 Å². The van der Waals surface area contributed by atoms with Crippen molar-refractivity contribution in [2.75, 3.05) is 13.1 Å². The lowest BCUT2D eigenvalue weighted by Crippen LogP contribution is -2.55. The van der Waals surface area contributed by atoms with Gasteiger partial charge in [0.15, 0.2) is 0 Å². The van der Waals surface area contributed by atoms with E-state index in [1.165, 1.54) is 12.1 Å². The van der Waals surface area contributed by atoms with E-state index in [-0.39, 0.29) is 41.7 Å². The van der Waals surface area contributed by atoms with Gasteiger partial charge in [0, 0.05) is 25.2 Å². The zero-order valence-electron chi connectivity index (χ0n) is 11.9. The molecule has 21 heavy (non-hydrogen) atoms. The van der Waals surface area contributed by atoms with Gasteiger partial charge in [0.2, 0.25) is 0 Å². The largest absolute Gasteiger partial charge is 0.434 e. The maximum Gasteiger partial charge on any atom is 0.387 e. The van der Waals surface area contributed by atoms with Gasteiger partial charge in [-0.25, -0.2) is 0 Å². The Bertz CT molecular complexity index is 478. The maximum atomic E-state index is 12.5. The highest BCUT2D eigenvalue weighted by Crippen LogP contribution is 2.22. The van der Waals surface area contributed by atoms with Crippen molar-refractivity contribution in [3.05, 3.63) is 29.8 Å². The first-order valence-electron chi connectivity index (χ1n) is 6.56. The summed E-state index contributed by atoms with van der Waals surface area (Å²) in [6.07, 6.45) is 0. The number of carbonyl (C=O) groups excluding carboxylic acids is 1. The predicted molar refractivity (Wildman–Crippen MR) is 78.3 cm³/mol. The van der Waals surface area contributed by atoms with Crippen molar-refractivity contribution in [2.24, 2.45) is 0 Å². The number of ether oxygens (including phenoxy) is 1. The molecule has 0 saturated carbocycles. The van der Waals surface area contributed by atoms with Crippen molar-refractivity contribution in [2.45, 2.75) is 32.5 Å². The summed E-state index contributed by atoms with van der Waals surface area (Å²) < 4.78 is 29.2. The Labute approximate surface area is 128 Å². The van der Waals surface area contributed by atoms with Crippen LogP contribution < -0.4 is 10.1 Å². The number of carbonyl (C=O) groups is 1. The highest BCUT2D eigenvalue weighted by atomic mass is 35.5. The third-order valence-corrected chi connectivity index (χ3v) is 3.18. The molecule has 1 heterocycles. The number of nitrogens with zero attached hydrogens (tertiary/aromatic N) is 1. The molecule has 1 aromatic rings. The number of amides is 1. The van der Waals surface area contributed by atoms with Crippen molar-refractivity contribution in [3.8, 4) is 5.75 Å². The van der Waals surface area contributed by atoms with Crippen molar-refractivity contribution in [1.82, 2.24) is 10.2 Å². The summed E-state index contributed by atoms with van der Waals surface area (Å²) in [7, 11) is 0. The Morgan fingerprint density at radius 2 is 1.86 bits per heavy atom. The van der Waals surface area contributed by atoms with Crippen molar-refractivity contribution in [1.29, 1.82) is 0 Å². The van der Waals surface area contributed by atoms with E-state index >= 15 is 0 Å². The predicted octanol–water partition coefficient (Wildman–Crippen LogP) is 2.53. The highest BCUT2D eigenvalue weighted by molar-refractivity contribution is 5.97. The molecule has 2 atom stereocenters. The molecule has 7 heteroatoms. The molecule has 2 unspecified atom stereocenters. The number of piperazine rings is 1. The fraction of sp³-hybridized carbons (Fsp3) is 0.500. The summed E-state index contributed by atoms with van der Waals surface area (Å²) >= 11 is 0. The molecule has 1 N–H and O–H groups in total. The highest BCUT2D eigenvalue weighted by Gasteiger charge is 2.27. The molecule has 0 radical (unpaired) electrons. The minimum atomic E-state index is -2.94. The molecule has 1 aliphatic rings. The van der Waals surface area contributed by atoms with Crippen LogP contribution in [0, 0.1) is 0 Å². The molecular formula is C14H19ClF2N2O2. The molecule has 0 bridgehead atoms. The van der Waals surface area contributed by atoms with Crippen molar-refractivity contribution < 1.29 is 18.3 Å². The molecule has 1 fully saturated rings. The van der Waals surface area contributed by atoms with Gasteiger partial charge in [-0.1, -0.05) is 12.1 Å². The zero-order valence-corrected chi connectivity index (χ0v) is 12.7. The number of hydrogen-bond donors (Lipinski definition) is 1. The molecule has 1 aromatic carbocycles. The van der Waals surface area contributed by atoms with Gasteiger partial charge in [-0.2, -0.15) is 8.78 Å². The van der Waals surface area contributed by atoms with Crippen LogP contribution in [-0.4, -0.2) is 42.6 Å². The average molecular weight is 321 g/mol. The number of alkyl halides is 2. The van der Waals surface area contributed by atoms with Crippen LogP contribution in [0.25, 0.3) is 0 Å². The topological polar surface area (TPSA) is 41.6 Å². The lowest BCUT2D eigenvalue weighted by atomic mass is 10.1. The Kier molecular flexibility index (Phi) is 6.36. The summed E-state index contributed by atoms with van der Waals surface area (Å²) in [5, 5.41) is 3.32. The number of para-hydroxylation sites is 1. The summed E-state index contributed by atoms with van der Waals surface area (Å²) in [5.41, 5.74) is 0.175. The molecule has 0 aliphatic carbocycles. The summed E-state index contributed by atoms with van der Waals surface area (Å²) in [6, 6.07) is 6.45. The van der Waals surface area contributed by atoms with Crippen LogP contribution in [0.5, 0.6) is 5.75 Å². The second kappa shape index (κ2) is 7.56. The molecule has 118 valence electrons. The zero-order chi connectivity index (χ0) is 14.7. The third-order valence-electron chi connectivity index (χ3n) is 3.18. The maximum absolute atomic E-state index is 12.5. The first kappa shape index (κ1) is 17.7. The standard InChI is InChI=1S/C14H18F2N2O2.ClH/c1-9-7-18(8-10(2)17-9)13(19)11-5-3-4-6-12(11)20-14(15)16;/h3-6,9-10,14,17H,7-8H2,1-2H3;1H. The van der Waals surface area contributed by atoms with Gasteiger partial charge in [-0.05, 0) is 26.0 Å². The number of hydrogen-bond acceptors (Lipinski definition) is 3. The number of nitrogens with one attached hydrogen (secondary N) is 1. The fourth-order valence-corrected chi connectivity index (χ4v) is 2.51. The van der Waals surface area contributed by atoms with E-state index in [1.807, 2.05) is 13.8 Å². The van der Waals surface area contributed by atoms with Gasteiger partial charge in [0.05, 0.1) is 5.56 Å². The van der Waals surface area contributed by atoms with E-state index in [4.69, 9.17) is 0 Å². The number of benzene rings is 1. The lowest BCUT2D eigenvalue weighted by Gasteiger charge is -2.36. The van der Waals surface area contributed by atoms with E-state index < -0.39 is 6.61 Å². The molecule has 2 rings (SSSR count). The lowest BCUT2D eigenvalue weighted by molar-refractivity contribution is -0.0503. The Balaban J connectivity index is 0.00000220. The molecule has 1 saturated heterocycles. The van der Waals surface area contributed by atoms with Crippen LogP contribution in [0.4, 0.5) is 8.78 Å². The van der Waals surface area contributed by atoms with Crippen LogP contribution in [-0.2, 0) is 0 Å². The summed E-state index contributed by atoms with van der Waals surface area (Å²) in [5.74, 6) is -0.354. The second-order valence-electron chi connectivity index (χ2n) is 5.05. The first-order chi connectivity index (χ1) is 9.47. The van der Waals surface area contributed by atoms with Crippen LogP contribution in [0.2, 0.25) is 0 Å². The van der Waals surface area contributed by atoms with Crippen LogP contribution in [0.3, 0.4) is 0 Å². The molecular weight excluding hydrogens is 302 g/mol. The van der Waals surface area contributed by atoms with Gasteiger partial charge < -0.3 is 15.0 Å². The van der Waals surface area contributed by atoms with Gasteiger partial charge in [-0.15, -0.1) is 12.4 Å². The van der Waals surface area contributed by atoms with Crippen molar-refractivity contribution >= 4 is 18.3 Å². The monoisotopic (exact) mass is 320 g/mol. The minimum Gasteiger partial charge on any atom is -0.434 e. The smallest absolute Gasteiger partial charge is 0.387 e. The van der Waals surface area contributed by atoms with Crippen molar-refractivity contribution in [3.63, 3.8) is 0 Å². The quantitative estimate of drug-likeness (QED) is 0.930. The van der Waals surface area contributed by atoms with E-state index in [0.717, 1.165) is 0 Å². The van der Waals surface area contributed by atoms with Crippen LogP contribution in [0.15, 0.2) is 24.3 Å². The Hall–Kier alpha value is -1.40. The first-order valence-corrected chi connectivity index (χ1v) is 6.56. The molecule has 0 aromatic heterocycles. The number of rotatable bonds is 3. The molecule has 1 amide bonds. The molecule has 1 aliphatic heterocycles. The Morgan fingerprint density at radius 1 is 1.29 bits per heavy atom. The van der Waals surface area contributed by atoms with Gasteiger partial charge >= 0.3 is 6.61 Å². The molecule has 4 nitrogen and oxygen atoms in total. The third kappa shape index (κ3) is 4.54. The summed E-state index contributed by atoms with van der Waals surface area (Å²) in [4.78, 5) is 14.1. The fourth-order valence-electron chi connectivity index (χ4n) is 2.51. The van der Waals surface area contributed by atoms with Crippen LogP contribution in [0.1, 0.15) is 24.2 Å².